The molecule has 0 saturated carbocycles. The van der Waals surface area contributed by atoms with Gasteiger partial charge in [0.2, 0.25) is 0 Å². The Morgan fingerprint density at radius 2 is 1.81 bits per heavy atom. The number of carbonyl (C=O) groups excluding carboxylic acids is 1. The highest BCUT2D eigenvalue weighted by atomic mass is 35.7. The molecule has 1 rings (SSSR count). The Morgan fingerprint density at radius 1 is 1.24 bits per heavy atom. The number of amides is 1. The lowest BCUT2D eigenvalue weighted by molar-refractivity contribution is 0.0940. The fraction of sp³-hybridized carbons (Fsp3) is 0.462. The van der Waals surface area contributed by atoms with E-state index in [2.05, 4.69) is 5.32 Å². The molecule has 1 N–H and O–H groups in total. The van der Waals surface area contributed by atoms with Crippen LogP contribution in [0.1, 0.15) is 31.1 Å². The van der Waals surface area contributed by atoms with Crippen molar-refractivity contribution in [3.05, 3.63) is 29.3 Å². The minimum absolute atomic E-state index is 0.147. The summed E-state index contributed by atoms with van der Waals surface area (Å²) in [7, 11) is 0.640. The predicted octanol–water partition coefficient (Wildman–Crippen LogP) is 2.91. The molecule has 0 bridgehead atoms. The standard InChI is InChI=1S/C13H16ClF2NO3S/c1-7(2)8(3)6-17-13(18)9-4-12(21(14,19)20)11(16)5-10(9)15/h4-5,7-8H,6H2,1-3H3,(H,17,18). The van der Waals surface area contributed by atoms with Gasteiger partial charge in [0.25, 0.3) is 15.0 Å². The lowest BCUT2D eigenvalue weighted by Crippen LogP contribution is -2.31. The molecule has 118 valence electrons. The number of carbonyl (C=O) groups is 1. The molecule has 0 fully saturated rings. The summed E-state index contributed by atoms with van der Waals surface area (Å²) < 4.78 is 49.3. The highest BCUT2D eigenvalue weighted by Crippen LogP contribution is 2.22. The lowest BCUT2D eigenvalue weighted by Gasteiger charge is -2.16. The molecule has 0 saturated heterocycles. The third kappa shape index (κ3) is 4.64. The van der Waals surface area contributed by atoms with Crippen LogP contribution in [0, 0.1) is 23.5 Å². The van der Waals surface area contributed by atoms with Gasteiger partial charge in [0.1, 0.15) is 16.5 Å². The zero-order chi connectivity index (χ0) is 16.4. The molecule has 0 radical (unpaired) electrons. The summed E-state index contributed by atoms with van der Waals surface area (Å²) >= 11 is 0. The number of benzene rings is 1. The average molecular weight is 340 g/mol. The molecule has 0 aliphatic rings. The van der Waals surface area contributed by atoms with Gasteiger partial charge in [0.15, 0.2) is 0 Å². The molecular weight excluding hydrogens is 324 g/mol. The van der Waals surface area contributed by atoms with Crippen LogP contribution in [0.2, 0.25) is 0 Å². The van der Waals surface area contributed by atoms with Crippen LogP contribution in [0.5, 0.6) is 0 Å². The normalized spacial score (nSPS) is 13.3. The van der Waals surface area contributed by atoms with Gasteiger partial charge in [-0.25, -0.2) is 17.2 Å². The van der Waals surface area contributed by atoms with Crippen LogP contribution in [-0.4, -0.2) is 20.9 Å². The smallest absolute Gasteiger partial charge is 0.264 e. The quantitative estimate of drug-likeness (QED) is 0.839. The molecule has 0 aliphatic carbocycles. The van der Waals surface area contributed by atoms with Crippen molar-refractivity contribution < 1.29 is 22.0 Å². The molecule has 21 heavy (non-hydrogen) atoms. The fourth-order valence-corrected chi connectivity index (χ4v) is 2.38. The third-order valence-electron chi connectivity index (χ3n) is 3.25. The van der Waals surface area contributed by atoms with Crippen molar-refractivity contribution in [1.82, 2.24) is 5.32 Å². The van der Waals surface area contributed by atoms with Crippen LogP contribution < -0.4 is 5.32 Å². The van der Waals surface area contributed by atoms with E-state index in [-0.39, 0.29) is 12.5 Å². The lowest BCUT2D eigenvalue weighted by atomic mass is 9.98. The van der Waals surface area contributed by atoms with Gasteiger partial charge in [-0.3, -0.25) is 4.79 Å². The fourth-order valence-electron chi connectivity index (χ4n) is 1.47. The van der Waals surface area contributed by atoms with E-state index in [9.17, 15) is 22.0 Å². The van der Waals surface area contributed by atoms with Gasteiger partial charge in [-0.1, -0.05) is 20.8 Å². The molecule has 1 amide bonds. The number of rotatable bonds is 5. The summed E-state index contributed by atoms with van der Waals surface area (Å²) in [5, 5.41) is 2.48. The van der Waals surface area contributed by atoms with E-state index in [1.807, 2.05) is 20.8 Å². The second-order valence-corrected chi connectivity index (χ2v) is 7.67. The van der Waals surface area contributed by atoms with Crippen LogP contribution in [0.15, 0.2) is 17.0 Å². The Hall–Kier alpha value is -1.21. The Morgan fingerprint density at radius 3 is 2.29 bits per heavy atom. The number of hydrogen-bond donors (Lipinski definition) is 1. The summed E-state index contributed by atoms with van der Waals surface area (Å²) in [5.74, 6) is -2.85. The number of nitrogens with one attached hydrogen (secondary N) is 1. The van der Waals surface area contributed by atoms with Gasteiger partial charge in [-0.15, -0.1) is 0 Å². The Kier molecular flexibility index (Phi) is 5.69. The van der Waals surface area contributed by atoms with Crippen LogP contribution in [-0.2, 0) is 9.05 Å². The topological polar surface area (TPSA) is 63.2 Å². The van der Waals surface area contributed by atoms with Gasteiger partial charge in [0.05, 0.1) is 5.56 Å². The van der Waals surface area contributed by atoms with Crippen molar-refractivity contribution in [3.8, 4) is 0 Å². The minimum atomic E-state index is -4.40. The van der Waals surface area contributed by atoms with Crippen molar-refractivity contribution in [2.75, 3.05) is 6.54 Å². The second-order valence-electron chi connectivity index (χ2n) is 5.13. The van der Waals surface area contributed by atoms with Crippen LogP contribution in [0.25, 0.3) is 0 Å². The Bertz CT molecular complexity index is 647. The Balaban J connectivity index is 3.05. The van der Waals surface area contributed by atoms with Crippen LogP contribution >= 0.6 is 10.7 Å². The molecule has 0 spiro atoms. The van der Waals surface area contributed by atoms with Gasteiger partial charge in [0, 0.05) is 23.3 Å². The van der Waals surface area contributed by atoms with Gasteiger partial charge in [-0.2, -0.15) is 0 Å². The van der Waals surface area contributed by atoms with E-state index >= 15 is 0 Å². The van der Waals surface area contributed by atoms with E-state index in [4.69, 9.17) is 10.7 Å². The molecule has 0 heterocycles. The SMILES string of the molecule is CC(C)C(C)CNC(=O)c1cc(S(=O)(=O)Cl)c(F)cc1F. The molecule has 8 heteroatoms. The second kappa shape index (κ2) is 6.70. The van der Waals surface area contributed by atoms with Crippen molar-refractivity contribution in [1.29, 1.82) is 0 Å². The van der Waals surface area contributed by atoms with Crippen molar-refractivity contribution >= 4 is 25.6 Å². The largest absolute Gasteiger partial charge is 0.352 e. The molecule has 1 unspecified atom stereocenters. The summed E-state index contributed by atoms with van der Waals surface area (Å²) in [6, 6.07) is 0.929. The van der Waals surface area contributed by atoms with Crippen molar-refractivity contribution in [3.63, 3.8) is 0 Å². The molecule has 1 atom stereocenters. The summed E-state index contributed by atoms with van der Waals surface area (Å²) in [5.41, 5.74) is -0.563. The highest BCUT2D eigenvalue weighted by Gasteiger charge is 2.23. The maximum Gasteiger partial charge on any atom is 0.264 e. The highest BCUT2D eigenvalue weighted by molar-refractivity contribution is 8.13. The summed E-state index contributed by atoms with van der Waals surface area (Å²) in [4.78, 5) is 10.9. The monoisotopic (exact) mass is 339 g/mol. The molecule has 1 aromatic rings. The number of halogens is 3. The number of hydrogen-bond acceptors (Lipinski definition) is 3. The minimum Gasteiger partial charge on any atom is -0.352 e. The maximum absolute atomic E-state index is 13.6. The van der Waals surface area contributed by atoms with E-state index in [1.165, 1.54) is 0 Å². The summed E-state index contributed by atoms with van der Waals surface area (Å²) in [6.45, 7) is 6.12. The first-order valence-corrected chi connectivity index (χ1v) is 8.57. The first kappa shape index (κ1) is 17.8. The van der Waals surface area contributed by atoms with Gasteiger partial charge >= 0.3 is 0 Å². The first-order chi connectivity index (χ1) is 9.54. The maximum atomic E-state index is 13.6. The van der Waals surface area contributed by atoms with E-state index in [1.54, 1.807) is 0 Å². The zero-order valence-electron chi connectivity index (χ0n) is 11.8. The van der Waals surface area contributed by atoms with Gasteiger partial charge in [-0.05, 0) is 17.9 Å². The van der Waals surface area contributed by atoms with E-state index in [0.29, 0.717) is 18.1 Å². The van der Waals surface area contributed by atoms with E-state index in [0.717, 1.165) is 0 Å². The van der Waals surface area contributed by atoms with Crippen LogP contribution in [0.4, 0.5) is 8.78 Å². The molecule has 0 aliphatic heterocycles. The first-order valence-electron chi connectivity index (χ1n) is 6.26. The molecule has 1 aromatic carbocycles. The van der Waals surface area contributed by atoms with Crippen molar-refractivity contribution in [2.24, 2.45) is 11.8 Å². The predicted molar refractivity (Wildman–Crippen MR) is 75.7 cm³/mol. The third-order valence-corrected chi connectivity index (χ3v) is 4.59. The zero-order valence-corrected chi connectivity index (χ0v) is 13.4. The molecule has 4 nitrogen and oxygen atoms in total. The van der Waals surface area contributed by atoms with Crippen LogP contribution in [0.3, 0.4) is 0 Å². The molecular formula is C13H16ClF2NO3S. The Labute approximate surface area is 126 Å². The molecule has 0 aromatic heterocycles. The van der Waals surface area contributed by atoms with Crippen molar-refractivity contribution in [2.45, 2.75) is 25.7 Å². The average Bonchev–Trinajstić information content (AvgIpc) is 2.33. The summed E-state index contributed by atoms with van der Waals surface area (Å²) in [6.07, 6.45) is 0. The van der Waals surface area contributed by atoms with Gasteiger partial charge < -0.3 is 5.32 Å². The van der Waals surface area contributed by atoms with E-state index < -0.39 is 37.1 Å².